The highest BCUT2D eigenvalue weighted by Gasteiger charge is 2.19. The van der Waals surface area contributed by atoms with Gasteiger partial charge in [-0.15, -0.1) is 0 Å². The van der Waals surface area contributed by atoms with E-state index in [9.17, 15) is 0 Å². The monoisotopic (exact) mass is 174 g/mol. The van der Waals surface area contributed by atoms with Crippen LogP contribution in [0.4, 0.5) is 0 Å². The lowest BCUT2D eigenvalue weighted by molar-refractivity contribution is 0.410. The predicted molar refractivity (Wildman–Crippen MR) is 53.6 cm³/mol. The van der Waals surface area contributed by atoms with Crippen molar-refractivity contribution in [2.75, 3.05) is 6.61 Å². The number of ether oxygens (including phenoxy) is 1. The highest BCUT2D eigenvalue weighted by atomic mass is 16.6. The van der Waals surface area contributed by atoms with E-state index >= 15 is 0 Å². The molecule has 0 N–H and O–H groups in total. The van der Waals surface area contributed by atoms with Gasteiger partial charge in [-0.1, -0.05) is 42.5 Å². The maximum atomic E-state index is 5.11. The minimum Gasteiger partial charge on any atom is -0.373 e. The van der Waals surface area contributed by atoms with Crippen LogP contribution in [-0.2, 0) is 11.2 Å². The Balaban J connectivity index is 1.75. The largest absolute Gasteiger partial charge is 0.373 e. The Hall–Kier alpha value is -1.08. The fourth-order valence-corrected chi connectivity index (χ4v) is 1.29. The normalized spacial score (nSPS) is 20.8. The first-order chi connectivity index (χ1) is 6.45. The summed E-state index contributed by atoms with van der Waals surface area (Å²) >= 11 is 0. The minimum atomic E-state index is 0.520. The van der Waals surface area contributed by atoms with Gasteiger partial charge >= 0.3 is 0 Å². The van der Waals surface area contributed by atoms with Gasteiger partial charge < -0.3 is 4.74 Å². The summed E-state index contributed by atoms with van der Waals surface area (Å²) in [5.41, 5.74) is 1.37. The molecule has 0 radical (unpaired) electrons. The summed E-state index contributed by atoms with van der Waals surface area (Å²) in [5, 5.41) is 0. The Kier molecular flexibility index (Phi) is 2.78. The third-order valence-corrected chi connectivity index (χ3v) is 2.16. The predicted octanol–water partition coefficient (Wildman–Crippen LogP) is 2.57. The maximum absolute atomic E-state index is 5.11. The Bertz CT molecular complexity index is 272. The van der Waals surface area contributed by atoms with Crippen LogP contribution in [0.1, 0.15) is 12.0 Å². The van der Waals surface area contributed by atoms with Crippen molar-refractivity contribution in [1.82, 2.24) is 0 Å². The summed E-state index contributed by atoms with van der Waals surface area (Å²) in [6.07, 6.45) is 7.06. The van der Waals surface area contributed by atoms with Gasteiger partial charge in [0.25, 0.3) is 0 Å². The summed E-state index contributed by atoms with van der Waals surface area (Å²) in [4.78, 5) is 0. The van der Waals surface area contributed by atoms with Crippen molar-refractivity contribution in [3.05, 3.63) is 48.0 Å². The zero-order chi connectivity index (χ0) is 8.93. The molecule has 1 aromatic rings. The Labute approximate surface area is 79.0 Å². The highest BCUT2D eigenvalue weighted by molar-refractivity contribution is 5.17. The zero-order valence-corrected chi connectivity index (χ0v) is 7.65. The quantitative estimate of drug-likeness (QED) is 0.505. The molecule has 1 heteroatoms. The second-order valence-corrected chi connectivity index (χ2v) is 3.35. The number of hydrogen-bond donors (Lipinski definition) is 0. The number of epoxide rings is 1. The molecule has 1 nitrogen and oxygen atoms in total. The summed E-state index contributed by atoms with van der Waals surface area (Å²) < 4.78 is 5.11. The van der Waals surface area contributed by atoms with Crippen LogP contribution in [-0.4, -0.2) is 12.7 Å². The molecule has 0 spiro atoms. The fraction of sp³-hybridized carbons (Fsp3) is 0.333. The second-order valence-electron chi connectivity index (χ2n) is 3.35. The van der Waals surface area contributed by atoms with Crippen molar-refractivity contribution in [1.29, 1.82) is 0 Å². The molecule has 0 saturated carbocycles. The Morgan fingerprint density at radius 1 is 1.23 bits per heavy atom. The molecule has 68 valence electrons. The van der Waals surface area contributed by atoms with Gasteiger partial charge in [0.05, 0.1) is 12.7 Å². The van der Waals surface area contributed by atoms with Gasteiger partial charge in [0, 0.05) is 0 Å². The highest BCUT2D eigenvalue weighted by Crippen LogP contribution is 2.13. The SMILES string of the molecule is C(=C/CC1CO1)/Cc1ccccc1. The molecule has 1 heterocycles. The topological polar surface area (TPSA) is 12.5 Å². The molecular formula is C12H14O. The summed E-state index contributed by atoms with van der Waals surface area (Å²) in [5.74, 6) is 0. The third kappa shape index (κ3) is 3.03. The first kappa shape index (κ1) is 8.52. The van der Waals surface area contributed by atoms with E-state index in [4.69, 9.17) is 4.74 Å². The van der Waals surface area contributed by atoms with E-state index < -0.39 is 0 Å². The van der Waals surface area contributed by atoms with Crippen LogP contribution in [0.3, 0.4) is 0 Å². The molecule has 0 amide bonds. The standard InChI is InChI=1S/C12H14O/c1-2-6-11(7-3-1)8-4-5-9-12-10-13-12/h1-7,12H,8-10H2/b5-4-. The molecule has 1 saturated heterocycles. The molecule has 2 rings (SSSR count). The average Bonchev–Trinajstić information content (AvgIpc) is 2.98. The zero-order valence-electron chi connectivity index (χ0n) is 7.65. The summed E-state index contributed by atoms with van der Waals surface area (Å²) in [7, 11) is 0. The minimum absolute atomic E-state index is 0.520. The molecule has 1 aromatic carbocycles. The van der Waals surface area contributed by atoms with Crippen LogP contribution < -0.4 is 0 Å². The van der Waals surface area contributed by atoms with Crippen LogP contribution in [0.2, 0.25) is 0 Å². The van der Waals surface area contributed by atoms with Gasteiger partial charge in [-0.2, -0.15) is 0 Å². The van der Waals surface area contributed by atoms with Gasteiger partial charge in [0.15, 0.2) is 0 Å². The van der Waals surface area contributed by atoms with Crippen molar-refractivity contribution < 1.29 is 4.74 Å². The maximum Gasteiger partial charge on any atom is 0.0844 e. The third-order valence-electron chi connectivity index (χ3n) is 2.16. The summed E-state index contributed by atoms with van der Waals surface area (Å²) in [6, 6.07) is 10.5. The number of benzene rings is 1. The van der Waals surface area contributed by atoms with Crippen molar-refractivity contribution >= 4 is 0 Å². The van der Waals surface area contributed by atoms with Gasteiger partial charge in [-0.3, -0.25) is 0 Å². The smallest absolute Gasteiger partial charge is 0.0844 e. The number of allylic oxidation sites excluding steroid dienone is 1. The lowest BCUT2D eigenvalue weighted by Crippen LogP contribution is -1.81. The molecule has 1 fully saturated rings. The van der Waals surface area contributed by atoms with Gasteiger partial charge in [-0.25, -0.2) is 0 Å². The van der Waals surface area contributed by atoms with Crippen molar-refractivity contribution in [2.24, 2.45) is 0 Å². The van der Waals surface area contributed by atoms with Gasteiger partial charge in [0.2, 0.25) is 0 Å². The number of hydrogen-bond acceptors (Lipinski definition) is 1. The molecule has 1 atom stereocenters. The van der Waals surface area contributed by atoms with Crippen LogP contribution in [0, 0.1) is 0 Å². The van der Waals surface area contributed by atoms with Gasteiger partial charge in [0.1, 0.15) is 0 Å². The van der Waals surface area contributed by atoms with E-state index in [1.807, 2.05) is 6.07 Å². The molecule has 13 heavy (non-hydrogen) atoms. The van der Waals surface area contributed by atoms with Crippen molar-refractivity contribution in [3.63, 3.8) is 0 Å². The first-order valence-corrected chi connectivity index (χ1v) is 4.75. The molecule has 0 bridgehead atoms. The van der Waals surface area contributed by atoms with Crippen LogP contribution in [0.15, 0.2) is 42.5 Å². The first-order valence-electron chi connectivity index (χ1n) is 4.75. The fourth-order valence-electron chi connectivity index (χ4n) is 1.29. The van der Waals surface area contributed by atoms with E-state index in [-0.39, 0.29) is 0 Å². The number of rotatable bonds is 4. The molecule has 1 unspecified atom stereocenters. The van der Waals surface area contributed by atoms with E-state index in [1.54, 1.807) is 0 Å². The van der Waals surface area contributed by atoms with Crippen LogP contribution in [0.25, 0.3) is 0 Å². The van der Waals surface area contributed by atoms with E-state index in [1.165, 1.54) is 5.56 Å². The Morgan fingerprint density at radius 3 is 2.69 bits per heavy atom. The lowest BCUT2D eigenvalue weighted by Gasteiger charge is -1.93. The average molecular weight is 174 g/mol. The van der Waals surface area contributed by atoms with Gasteiger partial charge in [-0.05, 0) is 18.4 Å². The summed E-state index contributed by atoms with van der Waals surface area (Å²) in [6.45, 7) is 0.954. The van der Waals surface area contributed by atoms with Crippen LogP contribution >= 0.6 is 0 Å². The van der Waals surface area contributed by atoms with E-state index in [0.29, 0.717) is 6.10 Å². The molecule has 0 aromatic heterocycles. The Morgan fingerprint density at radius 2 is 2.00 bits per heavy atom. The van der Waals surface area contributed by atoms with Crippen molar-refractivity contribution in [3.8, 4) is 0 Å². The second kappa shape index (κ2) is 4.24. The van der Waals surface area contributed by atoms with E-state index in [0.717, 1.165) is 19.4 Å². The van der Waals surface area contributed by atoms with Crippen molar-refractivity contribution in [2.45, 2.75) is 18.9 Å². The molecule has 1 aliphatic rings. The van der Waals surface area contributed by atoms with Crippen LogP contribution in [0.5, 0.6) is 0 Å². The molecular weight excluding hydrogens is 160 g/mol. The molecule has 0 aliphatic carbocycles. The lowest BCUT2D eigenvalue weighted by atomic mass is 10.1. The molecule has 1 aliphatic heterocycles. The van der Waals surface area contributed by atoms with E-state index in [2.05, 4.69) is 36.4 Å².